The Balaban J connectivity index is 2.50. The molecule has 0 radical (unpaired) electrons. The molecule has 0 aliphatic rings. The molecule has 1 heterocycles. The highest BCUT2D eigenvalue weighted by Crippen LogP contribution is 2.06. The van der Waals surface area contributed by atoms with Gasteiger partial charge in [-0.05, 0) is 13.3 Å². The van der Waals surface area contributed by atoms with Crippen LogP contribution in [0.4, 0.5) is 0 Å². The van der Waals surface area contributed by atoms with Gasteiger partial charge in [0.15, 0.2) is 0 Å². The van der Waals surface area contributed by atoms with Crippen molar-refractivity contribution in [2.75, 3.05) is 0 Å². The van der Waals surface area contributed by atoms with Crippen molar-refractivity contribution >= 4 is 5.97 Å². The topological polar surface area (TPSA) is 83.3 Å². The minimum Gasteiger partial charge on any atom is -0.481 e. The van der Waals surface area contributed by atoms with Gasteiger partial charge in [0.25, 0.3) is 5.56 Å². The first-order valence-corrected chi connectivity index (χ1v) is 4.00. The number of nitrogens with one attached hydrogen (secondary N) is 1. The van der Waals surface area contributed by atoms with E-state index in [0.29, 0.717) is 24.2 Å². The third-order valence-electron chi connectivity index (χ3n) is 1.82. The van der Waals surface area contributed by atoms with Gasteiger partial charge in [-0.1, -0.05) is 0 Å². The van der Waals surface area contributed by atoms with Crippen LogP contribution in [0.3, 0.4) is 0 Å². The number of aryl methyl sites for hydroxylation is 1. The minimum absolute atomic E-state index is 0.0916. The smallest absolute Gasteiger partial charge is 0.303 e. The van der Waals surface area contributed by atoms with E-state index in [9.17, 15) is 9.59 Å². The molecule has 13 heavy (non-hydrogen) atoms. The summed E-state index contributed by atoms with van der Waals surface area (Å²) in [6.07, 6.45) is 1.06. The molecule has 0 fully saturated rings. The molecule has 0 amide bonds. The molecule has 0 spiro atoms. The zero-order chi connectivity index (χ0) is 9.84. The fraction of sp³-hybridized carbons (Fsp3) is 0.500. The van der Waals surface area contributed by atoms with E-state index in [0.717, 1.165) is 0 Å². The first-order valence-electron chi connectivity index (χ1n) is 4.00. The second-order valence-corrected chi connectivity index (χ2v) is 2.83. The van der Waals surface area contributed by atoms with Crippen molar-refractivity contribution < 1.29 is 14.4 Å². The monoisotopic (exact) mass is 185 g/mol. The molecule has 0 bridgehead atoms. The molecule has 1 rings (SSSR count). The van der Waals surface area contributed by atoms with E-state index in [1.165, 1.54) is 0 Å². The lowest BCUT2D eigenvalue weighted by Crippen LogP contribution is -2.02. The van der Waals surface area contributed by atoms with Crippen LogP contribution in [0.25, 0.3) is 0 Å². The Morgan fingerprint density at radius 1 is 1.62 bits per heavy atom. The molecule has 1 aromatic rings. The van der Waals surface area contributed by atoms with Gasteiger partial charge in [0.1, 0.15) is 5.76 Å². The summed E-state index contributed by atoms with van der Waals surface area (Å²) in [5.41, 5.74) is 0.288. The Morgan fingerprint density at radius 3 is 2.77 bits per heavy atom. The van der Waals surface area contributed by atoms with Crippen molar-refractivity contribution in [3.8, 4) is 0 Å². The van der Waals surface area contributed by atoms with Gasteiger partial charge in [0, 0.05) is 12.8 Å². The van der Waals surface area contributed by atoms with Gasteiger partial charge in [0.2, 0.25) is 0 Å². The fourth-order valence-electron chi connectivity index (χ4n) is 1.03. The summed E-state index contributed by atoms with van der Waals surface area (Å²) >= 11 is 0. The van der Waals surface area contributed by atoms with Crippen LogP contribution in [0.1, 0.15) is 24.2 Å². The average molecular weight is 185 g/mol. The van der Waals surface area contributed by atoms with Crippen LogP contribution in [0.5, 0.6) is 0 Å². The van der Waals surface area contributed by atoms with Gasteiger partial charge in [-0.3, -0.25) is 9.59 Å². The quantitative estimate of drug-likeness (QED) is 0.722. The molecule has 0 saturated carbocycles. The number of aromatic amines is 1. The van der Waals surface area contributed by atoms with Crippen molar-refractivity contribution in [1.82, 2.24) is 5.16 Å². The predicted octanol–water partition coefficient (Wildman–Crippen LogP) is 0.684. The summed E-state index contributed by atoms with van der Waals surface area (Å²) in [5.74, 6) is -0.290. The zero-order valence-corrected chi connectivity index (χ0v) is 7.29. The van der Waals surface area contributed by atoms with E-state index in [1.807, 2.05) is 0 Å². The number of hydrogen-bond donors (Lipinski definition) is 2. The zero-order valence-electron chi connectivity index (χ0n) is 7.29. The Labute approximate surface area is 74.3 Å². The van der Waals surface area contributed by atoms with Gasteiger partial charge in [-0.2, -0.15) is 5.16 Å². The van der Waals surface area contributed by atoms with E-state index >= 15 is 0 Å². The molecular formula is C8H11NO4. The first-order chi connectivity index (χ1) is 6.11. The van der Waals surface area contributed by atoms with Gasteiger partial charge in [-0.15, -0.1) is 0 Å². The van der Waals surface area contributed by atoms with Crippen LogP contribution in [-0.4, -0.2) is 16.2 Å². The summed E-state index contributed by atoms with van der Waals surface area (Å²) in [4.78, 5) is 21.1. The van der Waals surface area contributed by atoms with Crippen molar-refractivity contribution in [2.45, 2.75) is 26.2 Å². The maximum Gasteiger partial charge on any atom is 0.303 e. The van der Waals surface area contributed by atoms with Crippen molar-refractivity contribution in [3.05, 3.63) is 21.7 Å². The normalized spacial score (nSPS) is 10.2. The van der Waals surface area contributed by atoms with Crippen molar-refractivity contribution in [3.63, 3.8) is 0 Å². The third kappa shape index (κ3) is 2.47. The van der Waals surface area contributed by atoms with Crippen LogP contribution < -0.4 is 5.56 Å². The maximum absolute atomic E-state index is 10.9. The Kier molecular flexibility index (Phi) is 2.89. The number of hydrogen-bond acceptors (Lipinski definition) is 3. The highest BCUT2D eigenvalue weighted by atomic mass is 16.5. The number of carboxylic acids is 1. The van der Waals surface area contributed by atoms with Crippen LogP contribution >= 0.6 is 0 Å². The lowest BCUT2D eigenvalue weighted by Gasteiger charge is -1.93. The second kappa shape index (κ2) is 3.93. The molecule has 0 aliphatic carbocycles. The first kappa shape index (κ1) is 9.57. The highest BCUT2D eigenvalue weighted by Gasteiger charge is 2.07. The van der Waals surface area contributed by atoms with E-state index in [4.69, 9.17) is 9.63 Å². The summed E-state index contributed by atoms with van der Waals surface area (Å²) in [6, 6.07) is 0. The maximum atomic E-state index is 10.9. The molecule has 1 aromatic heterocycles. The van der Waals surface area contributed by atoms with Gasteiger partial charge < -0.3 is 9.63 Å². The molecule has 0 aliphatic heterocycles. The fourth-order valence-corrected chi connectivity index (χ4v) is 1.03. The Bertz CT molecular complexity index is 349. The average Bonchev–Trinajstić information content (AvgIpc) is 2.35. The lowest BCUT2D eigenvalue weighted by molar-refractivity contribution is -0.137. The van der Waals surface area contributed by atoms with Crippen molar-refractivity contribution in [1.29, 1.82) is 0 Å². The number of aliphatic carboxylic acids is 1. The van der Waals surface area contributed by atoms with E-state index < -0.39 is 5.97 Å². The highest BCUT2D eigenvalue weighted by molar-refractivity contribution is 5.66. The van der Waals surface area contributed by atoms with Gasteiger partial charge >= 0.3 is 5.97 Å². The Morgan fingerprint density at radius 2 is 2.31 bits per heavy atom. The summed E-state index contributed by atoms with van der Waals surface area (Å²) in [6.45, 7) is 1.65. The van der Waals surface area contributed by atoms with Crippen LogP contribution in [0, 0.1) is 6.92 Å². The van der Waals surface area contributed by atoms with Crippen LogP contribution in [-0.2, 0) is 11.2 Å². The van der Waals surface area contributed by atoms with Crippen LogP contribution in [0.15, 0.2) is 9.32 Å². The van der Waals surface area contributed by atoms with E-state index in [1.54, 1.807) is 6.92 Å². The number of carbonyl (C=O) groups is 1. The molecule has 0 atom stereocenters. The SMILES string of the molecule is Cc1c(CCCC(=O)O)o[nH]c1=O. The molecular weight excluding hydrogens is 174 g/mol. The summed E-state index contributed by atoms with van der Waals surface area (Å²) in [7, 11) is 0. The standard InChI is InChI=1S/C8H11NO4/c1-5-6(13-9-8(5)12)3-2-4-7(10)11/h2-4H2,1H3,(H,9,12)(H,10,11). The minimum atomic E-state index is -0.837. The third-order valence-corrected chi connectivity index (χ3v) is 1.82. The lowest BCUT2D eigenvalue weighted by atomic mass is 10.1. The molecule has 5 heteroatoms. The number of aromatic nitrogens is 1. The van der Waals surface area contributed by atoms with E-state index in [2.05, 4.69) is 5.16 Å². The molecule has 0 unspecified atom stereocenters. The number of H-pyrrole nitrogens is 1. The van der Waals surface area contributed by atoms with Crippen LogP contribution in [0.2, 0.25) is 0 Å². The molecule has 0 aromatic carbocycles. The summed E-state index contributed by atoms with van der Waals surface area (Å²) in [5, 5.41) is 10.6. The predicted molar refractivity (Wildman–Crippen MR) is 44.6 cm³/mol. The molecule has 2 N–H and O–H groups in total. The second-order valence-electron chi connectivity index (χ2n) is 2.83. The largest absolute Gasteiger partial charge is 0.481 e. The number of carboxylic acid groups (broad SMARTS) is 1. The molecule has 72 valence electrons. The molecule has 5 nitrogen and oxygen atoms in total. The number of rotatable bonds is 4. The molecule has 0 saturated heterocycles. The summed E-state index contributed by atoms with van der Waals surface area (Å²) < 4.78 is 4.85. The Hall–Kier alpha value is -1.52. The van der Waals surface area contributed by atoms with Crippen molar-refractivity contribution in [2.24, 2.45) is 0 Å². The van der Waals surface area contributed by atoms with E-state index in [-0.39, 0.29) is 12.0 Å². The van der Waals surface area contributed by atoms with Gasteiger partial charge in [0.05, 0.1) is 5.56 Å². The van der Waals surface area contributed by atoms with Gasteiger partial charge in [-0.25, -0.2) is 0 Å².